The fourth-order valence-corrected chi connectivity index (χ4v) is 2.27. The van der Waals surface area contributed by atoms with Crippen molar-refractivity contribution in [3.63, 3.8) is 0 Å². The van der Waals surface area contributed by atoms with Gasteiger partial charge in [0, 0.05) is 13.1 Å². The van der Waals surface area contributed by atoms with Gasteiger partial charge in [0.15, 0.2) is 0 Å². The Morgan fingerprint density at radius 3 is 2.29 bits per heavy atom. The van der Waals surface area contributed by atoms with E-state index in [1.165, 1.54) is 11.1 Å². The van der Waals surface area contributed by atoms with Crippen molar-refractivity contribution in [3.05, 3.63) is 65.7 Å². The van der Waals surface area contributed by atoms with E-state index in [2.05, 4.69) is 68.6 Å². The fraction of sp³-hybridized carbons (Fsp3) is 0.368. The Balaban J connectivity index is 1.79. The molecule has 0 saturated carbocycles. The molecule has 0 aliphatic carbocycles. The average Bonchev–Trinajstić information content (AvgIpc) is 2.47. The van der Waals surface area contributed by atoms with Gasteiger partial charge in [-0.15, -0.1) is 0 Å². The third-order valence-corrected chi connectivity index (χ3v) is 3.40. The summed E-state index contributed by atoms with van der Waals surface area (Å²) in [5.41, 5.74) is 2.66. The molecule has 0 heterocycles. The van der Waals surface area contributed by atoms with Crippen molar-refractivity contribution in [2.75, 3.05) is 13.2 Å². The number of benzene rings is 2. The second-order valence-electron chi connectivity index (χ2n) is 6.26. The van der Waals surface area contributed by atoms with Crippen LogP contribution in [0.4, 0.5) is 0 Å². The molecule has 0 radical (unpaired) electrons. The zero-order chi connectivity index (χ0) is 15.1. The maximum atomic E-state index is 5.94. The van der Waals surface area contributed by atoms with Gasteiger partial charge in [-0.2, -0.15) is 0 Å². The summed E-state index contributed by atoms with van der Waals surface area (Å²) in [4.78, 5) is 0. The first kappa shape index (κ1) is 15.6. The van der Waals surface area contributed by atoms with Gasteiger partial charge in [0.25, 0.3) is 0 Å². The van der Waals surface area contributed by atoms with E-state index in [1.807, 2.05) is 12.1 Å². The predicted molar refractivity (Wildman–Crippen MR) is 88.8 cm³/mol. The van der Waals surface area contributed by atoms with E-state index < -0.39 is 0 Å². The average molecular weight is 283 g/mol. The number of ether oxygens (including phenoxy) is 1. The molecule has 0 unspecified atom stereocenters. The highest BCUT2D eigenvalue weighted by Crippen LogP contribution is 2.30. The zero-order valence-corrected chi connectivity index (χ0v) is 13.2. The van der Waals surface area contributed by atoms with E-state index in [4.69, 9.17) is 4.74 Å². The smallest absolute Gasteiger partial charge is 0.123 e. The standard InChI is InChI=1S/C19H25NO/c1-19(2,3)17-11-7-8-12-18(17)21-14-13-20-15-16-9-5-4-6-10-16/h4-12,20H,13-15H2,1-3H3. The van der Waals surface area contributed by atoms with Gasteiger partial charge in [-0.1, -0.05) is 69.3 Å². The Labute approximate surface area is 128 Å². The van der Waals surface area contributed by atoms with Crippen LogP contribution in [0.3, 0.4) is 0 Å². The summed E-state index contributed by atoms with van der Waals surface area (Å²) in [7, 11) is 0. The van der Waals surface area contributed by atoms with Crippen LogP contribution in [0, 0.1) is 0 Å². The molecule has 0 aliphatic heterocycles. The van der Waals surface area contributed by atoms with Crippen LogP contribution in [0.15, 0.2) is 54.6 Å². The lowest BCUT2D eigenvalue weighted by atomic mass is 9.86. The lowest BCUT2D eigenvalue weighted by molar-refractivity contribution is 0.305. The molecule has 21 heavy (non-hydrogen) atoms. The molecule has 2 rings (SSSR count). The number of hydrogen-bond acceptors (Lipinski definition) is 2. The summed E-state index contributed by atoms with van der Waals surface area (Å²) in [5, 5.41) is 3.41. The molecule has 0 amide bonds. The van der Waals surface area contributed by atoms with E-state index in [0.717, 1.165) is 18.8 Å². The molecular formula is C19H25NO. The lowest BCUT2D eigenvalue weighted by Crippen LogP contribution is -2.21. The number of para-hydroxylation sites is 1. The van der Waals surface area contributed by atoms with Gasteiger partial charge in [-0.3, -0.25) is 0 Å². The maximum Gasteiger partial charge on any atom is 0.123 e. The Bertz CT molecular complexity index is 543. The second-order valence-corrected chi connectivity index (χ2v) is 6.26. The van der Waals surface area contributed by atoms with Crippen molar-refractivity contribution in [1.82, 2.24) is 5.32 Å². The van der Waals surface area contributed by atoms with Crippen LogP contribution in [0.2, 0.25) is 0 Å². The molecule has 2 aromatic carbocycles. The van der Waals surface area contributed by atoms with Crippen LogP contribution in [0.5, 0.6) is 5.75 Å². The molecule has 2 aromatic rings. The van der Waals surface area contributed by atoms with E-state index >= 15 is 0 Å². The van der Waals surface area contributed by atoms with Gasteiger partial charge in [0.1, 0.15) is 12.4 Å². The van der Waals surface area contributed by atoms with Gasteiger partial charge in [0.05, 0.1) is 0 Å². The molecule has 2 heteroatoms. The first-order valence-electron chi connectivity index (χ1n) is 7.54. The van der Waals surface area contributed by atoms with Crippen LogP contribution in [-0.2, 0) is 12.0 Å². The van der Waals surface area contributed by atoms with Gasteiger partial charge in [-0.25, -0.2) is 0 Å². The van der Waals surface area contributed by atoms with Crippen LogP contribution in [0.1, 0.15) is 31.9 Å². The summed E-state index contributed by atoms with van der Waals surface area (Å²) in [5.74, 6) is 0.992. The highest BCUT2D eigenvalue weighted by Gasteiger charge is 2.18. The summed E-state index contributed by atoms with van der Waals surface area (Å²) >= 11 is 0. The molecule has 0 fully saturated rings. The van der Waals surface area contributed by atoms with Crippen molar-refractivity contribution in [1.29, 1.82) is 0 Å². The van der Waals surface area contributed by atoms with Gasteiger partial charge in [0.2, 0.25) is 0 Å². The van der Waals surface area contributed by atoms with Crippen LogP contribution >= 0.6 is 0 Å². The monoisotopic (exact) mass is 283 g/mol. The first-order chi connectivity index (χ1) is 10.1. The summed E-state index contributed by atoms with van der Waals surface area (Å²) < 4.78 is 5.94. The van der Waals surface area contributed by atoms with E-state index in [1.54, 1.807) is 0 Å². The fourth-order valence-electron chi connectivity index (χ4n) is 2.27. The van der Waals surface area contributed by atoms with Crippen LogP contribution < -0.4 is 10.1 Å². The molecule has 0 spiro atoms. The molecule has 0 aliphatic rings. The SMILES string of the molecule is CC(C)(C)c1ccccc1OCCNCc1ccccc1. The van der Waals surface area contributed by atoms with Crippen LogP contribution in [0.25, 0.3) is 0 Å². The molecule has 2 nitrogen and oxygen atoms in total. The largest absolute Gasteiger partial charge is 0.492 e. The van der Waals surface area contributed by atoms with E-state index in [9.17, 15) is 0 Å². The number of nitrogens with one attached hydrogen (secondary N) is 1. The summed E-state index contributed by atoms with van der Waals surface area (Å²) in [6.07, 6.45) is 0. The number of rotatable bonds is 6. The molecule has 0 bridgehead atoms. The highest BCUT2D eigenvalue weighted by atomic mass is 16.5. The van der Waals surface area contributed by atoms with Crippen molar-refractivity contribution in [2.45, 2.75) is 32.7 Å². The van der Waals surface area contributed by atoms with Crippen molar-refractivity contribution in [3.8, 4) is 5.75 Å². The minimum atomic E-state index is 0.105. The molecule has 0 aromatic heterocycles. The molecule has 1 N–H and O–H groups in total. The second kappa shape index (κ2) is 7.28. The van der Waals surface area contributed by atoms with Crippen molar-refractivity contribution < 1.29 is 4.74 Å². The quantitative estimate of drug-likeness (QED) is 0.804. The Morgan fingerprint density at radius 1 is 0.905 bits per heavy atom. The Kier molecular flexibility index (Phi) is 5.40. The summed E-state index contributed by atoms with van der Waals surface area (Å²) in [6, 6.07) is 18.7. The van der Waals surface area contributed by atoms with Crippen LogP contribution in [-0.4, -0.2) is 13.2 Å². The normalized spacial score (nSPS) is 11.4. The third-order valence-electron chi connectivity index (χ3n) is 3.40. The minimum Gasteiger partial charge on any atom is -0.492 e. The zero-order valence-electron chi connectivity index (χ0n) is 13.2. The topological polar surface area (TPSA) is 21.3 Å². The minimum absolute atomic E-state index is 0.105. The van der Waals surface area contributed by atoms with Gasteiger partial charge < -0.3 is 10.1 Å². The molecule has 0 atom stereocenters. The maximum absolute atomic E-state index is 5.94. The Hall–Kier alpha value is -1.80. The van der Waals surface area contributed by atoms with Crippen molar-refractivity contribution >= 4 is 0 Å². The van der Waals surface area contributed by atoms with Gasteiger partial charge in [-0.05, 0) is 22.6 Å². The predicted octanol–water partition coefficient (Wildman–Crippen LogP) is 4.15. The summed E-state index contributed by atoms with van der Waals surface area (Å²) in [6.45, 7) is 9.03. The molecule has 112 valence electrons. The molecule has 0 saturated heterocycles. The van der Waals surface area contributed by atoms with Gasteiger partial charge >= 0.3 is 0 Å². The van der Waals surface area contributed by atoms with E-state index in [0.29, 0.717) is 6.61 Å². The van der Waals surface area contributed by atoms with Crippen molar-refractivity contribution in [2.24, 2.45) is 0 Å². The number of hydrogen-bond donors (Lipinski definition) is 1. The third kappa shape index (κ3) is 4.91. The molecular weight excluding hydrogens is 258 g/mol. The Morgan fingerprint density at radius 2 is 1.57 bits per heavy atom. The first-order valence-corrected chi connectivity index (χ1v) is 7.54. The van der Waals surface area contributed by atoms with E-state index in [-0.39, 0.29) is 5.41 Å². The lowest BCUT2D eigenvalue weighted by Gasteiger charge is -2.22. The highest BCUT2D eigenvalue weighted by molar-refractivity contribution is 5.38.